The molecule has 0 aromatic heterocycles. The second kappa shape index (κ2) is 5.49. The second-order valence-corrected chi connectivity index (χ2v) is 2.62. The zero-order valence-electron chi connectivity index (χ0n) is 6.90. The predicted octanol–water partition coefficient (Wildman–Crippen LogP) is -0.875. The van der Waals surface area contributed by atoms with Crippen molar-refractivity contribution < 1.29 is 20.1 Å². The maximum Gasteiger partial charge on any atom is 0.100 e. The monoisotopic (exact) mass is 164 g/mol. The molecule has 68 valence electrons. The van der Waals surface area contributed by atoms with E-state index in [9.17, 15) is 0 Å². The molecule has 3 N–H and O–H groups in total. The normalized spacial score (nSPS) is 19.4. The van der Waals surface area contributed by atoms with Crippen LogP contribution in [0.25, 0.3) is 0 Å². The third kappa shape index (κ3) is 5.15. The fraction of sp³-hybridized carbons (Fsp3) is 1.00. The molecule has 0 aliphatic rings. The van der Waals surface area contributed by atoms with E-state index in [0.29, 0.717) is 0 Å². The highest BCUT2D eigenvalue weighted by Crippen LogP contribution is 1.98. The molecule has 4 heteroatoms. The molecule has 0 aromatic rings. The first kappa shape index (κ1) is 10.8. The van der Waals surface area contributed by atoms with Gasteiger partial charge in [0.1, 0.15) is 6.10 Å². The average molecular weight is 164 g/mol. The topological polar surface area (TPSA) is 69.9 Å². The van der Waals surface area contributed by atoms with Crippen molar-refractivity contribution in [2.24, 2.45) is 0 Å². The molecule has 0 heterocycles. The van der Waals surface area contributed by atoms with Crippen LogP contribution in [0.3, 0.4) is 0 Å². The Bertz CT molecular complexity index is 94.4. The van der Waals surface area contributed by atoms with Crippen LogP contribution in [-0.2, 0) is 4.74 Å². The van der Waals surface area contributed by atoms with Crippen molar-refractivity contribution in [3.05, 3.63) is 0 Å². The van der Waals surface area contributed by atoms with Crippen LogP contribution < -0.4 is 0 Å². The average Bonchev–Trinajstić information content (AvgIpc) is 1.99. The van der Waals surface area contributed by atoms with E-state index in [2.05, 4.69) is 0 Å². The summed E-state index contributed by atoms with van der Waals surface area (Å²) in [4.78, 5) is 0. The van der Waals surface area contributed by atoms with Gasteiger partial charge in [0.15, 0.2) is 0 Å². The molecule has 11 heavy (non-hydrogen) atoms. The summed E-state index contributed by atoms with van der Waals surface area (Å²) in [6.07, 6.45) is -1.71. The van der Waals surface area contributed by atoms with Crippen LogP contribution in [0.1, 0.15) is 13.8 Å². The molecule has 0 rings (SSSR count). The minimum absolute atomic E-state index is 0.0581. The molecule has 0 aliphatic carbocycles. The van der Waals surface area contributed by atoms with E-state index < -0.39 is 12.2 Å². The Hall–Kier alpha value is -0.160. The summed E-state index contributed by atoms with van der Waals surface area (Å²) in [7, 11) is 0. The summed E-state index contributed by atoms with van der Waals surface area (Å²) in [6.45, 7) is 3.06. The van der Waals surface area contributed by atoms with Crippen molar-refractivity contribution in [2.75, 3.05) is 13.2 Å². The number of aliphatic hydroxyl groups excluding tert-OH is 3. The Morgan fingerprint density at radius 3 is 2.18 bits per heavy atom. The van der Waals surface area contributed by atoms with Crippen LogP contribution in [0.4, 0.5) is 0 Å². The Labute approximate surface area is 66.4 Å². The first-order valence-corrected chi connectivity index (χ1v) is 3.66. The van der Waals surface area contributed by atoms with Crippen LogP contribution in [-0.4, -0.2) is 46.8 Å². The highest BCUT2D eigenvalue weighted by molar-refractivity contribution is 4.58. The SMILES string of the molecule is CC(O)C(C)OCC(O)CO. The molecule has 4 nitrogen and oxygen atoms in total. The fourth-order valence-electron chi connectivity index (χ4n) is 0.455. The van der Waals surface area contributed by atoms with Gasteiger partial charge in [0.25, 0.3) is 0 Å². The van der Waals surface area contributed by atoms with Crippen molar-refractivity contribution in [3.63, 3.8) is 0 Å². The summed E-state index contributed by atoms with van der Waals surface area (Å²) in [6, 6.07) is 0. The molecule has 0 saturated heterocycles. The third-order valence-electron chi connectivity index (χ3n) is 1.44. The zero-order valence-corrected chi connectivity index (χ0v) is 6.90. The van der Waals surface area contributed by atoms with Gasteiger partial charge in [-0.05, 0) is 13.8 Å². The van der Waals surface area contributed by atoms with Gasteiger partial charge in [-0.1, -0.05) is 0 Å². The smallest absolute Gasteiger partial charge is 0.100 e. The molecule has 0 radical (unpaired) electrons. The van der Waals surface area contributed by atoms with Crippen molar-refractivity contribution in [1.29, 1.82) is 0 Å². The lowest BCUT2D eigenvalue weighted by Crippen LogP contribution is -2.28. The first-order valence-electron chi connectivity index (χ1n) is 3.66. The maximum atomic E-state index is 8.94. The predicted molar refractivity (Wildman–Crippen MR) is 40.2 cm³/mol. The quantitative estimate of drug-likeness (QED) is 0.494. The molecule has 0 bridgehead atoms. The molecule has 3 unspecified atom stereocenters. The van der Waals surface area contributed by atoms with E-state index in [4.69, 9.17) is 20.1 Å². The van der Waals surface area contributed by atoms with Crippen LogP contribution in [0, 0.1) is 0 Å². The lowest BCUT2D eigenvalue weighted by Gasteiger charge is -2.17. The number of aliphatic hydroxyl groups is 3. The van der Waals surface area contributed by atoms with E-state index in [0.717, 1.165) is 0 Å². The Morgan fingerprint density at radius 2 is 1.82 bits per heavy atom. The number of rotatable bonds is 5. The van der Waals surface area contributed by atoms with E-state index >= 15 is 0 Å². The largest absolute Gasteiger partial charge is 0.394 e. The summed E-state index contributed by atoms with van der Waals surface area (Å²) in [5.41, 5.74) is 0. The molecular weight excluding hydrogens is 148 g/mol. The van der Waals surface area contributed by atoms with Gasteiger partial charge in [-0.2, -0.15) is 0 Å². The van der Waals surface area contributed by atoms with E-state index in [1.165, 1.54) is 0 Å². The molecule has 0 aromatic carbocycles. The van der Waals surface area contributed by atoms with Crippen LogP contribution in [0.5, 0.6) is 0 Å². The molecule has 3 atom stereocenters. The molecule has 0 fully saturated rings. The van der Waals surface area contributed by atoms with E-state index in [1.54, 1.807) is 13.8 Å². The van der Waals surface area contributed by atoms with Gasteiger partial charge in [-0.25, -0.2) is 0 Å². The molecule has 0 spiro atoms. The first-order chi connectivity index (χ1) is 5.07. The highest BCUT2D eigenvalue weighted by atomic mass is 16.5. The second-order valence-electron chi connectivity index (χ2n) is 2.62. The van der Waals surface area contributed by atoms with E-state index in [-0.39, 0.29) is 19.3 Å². The summed E-state index contributed by atoms with van der Waals surface area (Å²) in [5.74, 6) is 0. The van der Waals surface area contributed by atoms with Crippen molar-refractivity contribution >= 4 is 0 Å². The Morgan fingerprint density at radius 1 is 1.27 bits per heavy atom. The van der Waals surface area contributed by atoms with Gasteiger partial charge in [-0.15, -0.1) is 0 Å². The van der Waals surface area contributed by atoms with Crippen LogP contribution in [0.2, 0.25) is 0 Å². The standard InChI is InChI=1S/C7H16O4/c1-5(9)6(2)11-4-7(10)3-8/h5-10H,3-4H2,1-2H3. The molecule has 0 saturated carbocycles. The van der Waals surface area contributed by atoms with Crippen molar-refractivity contribution in [2.45, 2.75) is 32.2 Å². The minimum Gasteiger partial charge on any atom is -0.394 e. The van der Waals surface area contributed by atoms with E-state index in [1.807, 2.05) is 0 Å². The van der Waals surface area contributed by atoms with Gasteiger partial charge in [0.05, 0.1) is 25.4 Å². The van der Waals surface area contributed by atoms with Gasteiger partial charge >= 0.3 is 0 Å². The summed E-state index contributed by atoms with van der Waals surface area (Å²) < 4.78 is 5.00. The maximum absolute atomic E-state index is 8.94. The van der Waals surface area contributed by atoms with Gasteiger partial charge in [0, 0.05) is 0 Å². The Balaban J connectivity index is 3.37. The van der Waals surface area contributed by atoms with Gasteiger partial charge < -0.3 is 20.1 Å². The lowest BCUT2D eigenvalue weighted by molar-refractivity contribution is -0.0620. The fourth-order valence-corrected chi connectivity index (χ4v) is 0.455. The number of hydrogen-bond donors (Lipinski definition) is 3. The lowest BCUT2D eigenvalue weighted by atomic mass is 10.2. The Kier molecular flexibility index (Phi) is 5.41. The summed E-state index contributed by atoms with van der Waals surface area (Å²) in [5, 5.41) is 26.2. The zero-order chi connectivity index (χ0) is 8.85. The third-order valence-corrected chi connectivity index (χ3v) is 1.44. The minimum atomic E-state index is -0.851. The highest BCUT2D eigenvalue weighted by Gasteiger charge is 2.10. The van der Waals surface area contributed by atoms with Crippen LogP contribution >= 0.6 is 0 Å². The molecular formula is C7H16O4. The number of hydrogen-bond acceptors (Lipinski definition) is 4. The number of ether oxygens (including phenoxy) is 1. The summed E-state index contributed by atoms with van der Waals surface area (Å²) >= 11 is 0. The van der Waals surface area contributed by atoms with Crippen molar-refractivity contribution in [1.82, 2.24) is 0 Å². The molecule has 0 aliphatic heterocycles. The van der Waals surface area contributed by atoms with Gasteiger partial charge in [0.2, 0.25) is 0 Å². The van der Waals surface area contributed by atoms with Crippen molar-refractivity contribution in [3.8, 4) is 0 Å². The van der Waals surface area contributed by atoms with Crippen LogP contribution in [0.15, 0.2) is 0 Å². The molecule has 0 amide bonds. The van der Waals surface area contributed by atoms with Gasteiger partial charge in [-0.3, -0.25) is 0 Å².